The van der Waals surface area contributed by atoms with Gasteiger partial charge >= 0.3 is 0 Å². The maximum absolute atomic E-state index is 13.8. The molecular weight excluding hydrogens is 327 g/mol. The minimum atomic E-state index is -0.268. The van der Waals surface area contributed by atoms with Crippen molar-refractivity contribution in [3.05, 3.63) is 90.4 Å². The van der Waals surface area contributed by atoms with E-state index in [1.807, 2.05) is 54.8 Å². The van der Waals surface area contributed by atoms with E-state index in [9.17, 15) is 4.39 Å². The van der Waals surface area contributed by atoms with Gasteiger partial charge in [0, 0.05) is 16.9 Å². The SMILES string of the molecule is C=CCO/N=C(/C)c1cc(-c2ccccc2)n(-c2cccc(F)c2)c1C. The lowest BCUT2D eigenvalue weighted by Gasteiger charge is -2.12. The summed E-state index contributed by atoms with van der Waals surface area (Å²) in [5.74, 6) is -0.268. The lowest BCUT2D eigenvalue weighted by molar-refractivity contribution is 0.175. The molecule has 0 aliphatic carbocycles. The highest BCUT2D eigenvalue weighted by molar-refractivity contribution is 6.01. The molecule has 0 aliphatic heterocycles. The van der Waals surface area contributed by atoms with Gasteiger partial charge in [-0.3, -0.25) is 0 Å². The molecule has 0 radical (unpaired) electrons. The Hall–Kier alpha value is -3.14. The summed E-state index contributed by atoms with van der Waals surface area (Å²) in [6.07, 6.45) is 1.65. The van der Waals surface area contributed by atoms with E-state index in [0.717, 1.165) is 33.9 Å². The third kappa shape index (κ3) is 3.59. The predicted octanol–water partition coefficient (Wildman–Crippen LogP) is 5.52. The van der Waals surface area contributed by atoms with Gasteiger partial charge in [0.2, 0.25) is 0 Å². The van der Waals surface area contributed by atoms with Gasteiger partial charge in [0.1, 0.15) is 12.4 Å². The van der Waals surface area contributed by atoms with Crippen molar-refractivity contribution in [3.8, 4) is 16.9 Å². The molecule has 3 aromatic rings. The smallest absolute Gasteiger partial charge is 0.135 e. The van der Waals surface area contributed by atoms with Crippen molar-refractivity contribution >= 4 is 5.71 Å². The van der Waals surface area contributed by atoms with Crippen LogP contribution in [-0.4, -0.2) is 16.9 Å². The number of halogens is 1. The normalized spacial score (nSPS) is 11.4. The molecule has 4 heteroatoms. The molecule has 0 N–H and O–H groups in total. The highest BCUT2D eigenvalue weighted by Gasteiger charge is 2.17. The van der Waals surface area contributed by atoms with Crippen LogP contribution in [0.5, 0.6) is 0 Å². The molecule has 1 heterocycles. The average Bonchev–Trinajstić information content (AvgIpc) is 3.00. The number of hydrogen-bond donors (Lipinski definition) is 0. The third-order valence-corrected chi connectivity index (χ3v) is 4.17. The lowest BCUT2D eigenvalue weighted by Crippen LogP contribution is -2.03. The number of benzene rings is 2. The van der Waals surface area contributed by atoms with Crippen molar-refractivity contribution in [3.63, 3.8) is 0 Å². The van der Waals surface area contributed by atoms with Crippen LogP contribution in [0.1, 0.15) is 18.2 Å². The van der Waals surface area contributed by atoms with E-state index in [0.29, 0.717) is 6.61 Å². The molecule has 0 fully saturated rings. The molecule has 1 aromatic heterocycles. The molecule has 26 heavy (non-hydrogen) atoms. The standard InChI is InChI=1S/C22H21FN2O/c1-4-13-26-24-16(2)21-15-22(18-9-6-5-7-10-18)25(17(21)3)20-12-8-11-19(23)14-20/h4-12,14-15H,1,13H2,2-3H3/b24-16-. The van der Waals surface area contributed by atoms with Gasteiger partial charge in [0.25, 0.3) is 0 Å². The van der Waals surface area contributed by atoms with Crippen LogP contribution in [0, 0.1) is 12.7 Å². The highest BCUT2D eigenvalue weighted by Crippen LogP contribution is 2.30. The zero-order chi connectivity index (χ0) is 18.5. The fourth-order valence-electron chi connectivity index (χ4n) is 2.98. The first-order chi connectivity index (χ1) is 12.6. The molecule has 0 saturated carbocycles. The number of aromatic nitrogens is 1. The fraction of sp³-hybridized carbons (Fsp3) is 0.136. The molecule has 3 nitrogen and oxygen atoms in total. The van der Waals surface area contributed by atoms with E-state index in [1.165, 1.54) is 12.1 Å². The Morgan fingerprint density at radius 3 is 2.62 bits per heavy atom. The Bertz CT molecular complexity index is 942. The molecule has 0 unspecified atom stereocenters. The van der Waals surface area contributed by atoms with E-state index in [-0.39, 0.29) is 5.82 Å². The van der Waals surface area contributed by atoms with Gasteiger partial charge in [-0.05, 0) is 43.7 Å². The van der Waals surface area contributed by atoms with Gasteiger partial charge in [-0.1, -0.05) is 54.2 Å². The molecule has 0 atom stereocenters. The summed E-state index contributed by atoms with van der Waals surface area (Å²) in [5, 5.41) is 4.16. The Morgan fingerprint density at radius 2 is 1.92 bits per heavy atom. The van der Waals surface area contributed by atoms with E-state index >= 15 is 0 Å². The Labute approximate surface area is 153 Å². The fourth-order valence-corrected chi connectivity index (χ4v) is 2.98. The van der Waals surface area contributed by atoms with Crippen LogP contribution in [0.2, 0.25) is 0 Å². The van der Waals surface area contributed by atoms with Gasteiger partial charge in [-0.2, -0.15) is 0 Å². The molecule has 3 rings (SSSR count). The maximum atomic E-state index is 13.8. The lowest BCUT2D eigenvalue weighted by atomic mass is 10.1. The quantitative estimate of drug-likeness (QED) is 0.249. The predicted molar refractivity (Wildman–Crippen MR) is 104 cm³/mol. The summed E-state index contributed by atoms with van der Waals surface area (Å²) in [7, 11) is 0. The largest absolute Gasteiger partial charge is 0.391 e. The Kier molecular flexibility index (Phi) is 5.32. The van der Waals surface area contributed by atoms with Gasteiger partial charge in [0.05, 0.1) is 11.4 Å². The van der Waals surface area contributed by atoms with Gasteiger partial charge in [0.15, 0.2) is 0 Å². The number of nitrogens with zero attached hydrogens (tertiary/aromatic N) is 2. The minimum absolute atomic E-state index is 0.268. The van der Waals surface area contributed by atoms with Gasteiger partial charge in [-0.15, -0.1) is 0 Å². The number of rotatable bonds is 6. The van der Waals surface area contributed by atoms with Crippen molar-refractivity contribution in [1.82, 2.24) is 4.57 Å². The first kappa shape index (κ1) is 17.7. The van der Waals surface area contributed by atoms with E-state index < -0.39 is 0 Å². The van der Waals surface area contributed by atoms with Crippen molar-refractivity contribution in [2.24, 2.45) is 5.16 Å². The van der Waals surface area contributed by atoms with Gasteiger partial charge in [-0.25, -0.2) is 4.39 Å². The van der Waals surface area contributed by atoms with Crippen molar-refractivity contribution in [2.45, 2.75) is 13.8 Å². The first-order valence-corrected chi connectivity index (χ1v) is 8.43. The van der Waals surface area contributed by atoms with Crippen LogP contribution in [0.3, 0.4) is 0 Å². The second-order valence-corrected chi connectivity index (χ2v) is 5.97. The van der Waals surface area contributed by atoms with Crippen LogP contribution < -0.4 is 0 Å². The summed E-state index contributed by atoms with van der Waals surface area (Å²) in [4.78, 5) is 5.23. The zero-order valence-corrected chi connectivity index (χ0v) is 14.9. The average molecular weight is 348 g/mol. The van der Waals surface area contributed by atoms with Crippen molar-refractivity contribution < 1.29 is 9.23 Å². The van der Waals surface area contributed by atoms with E-state index in [4.69, 9.17) is 4.84 Å². The summed E-state index contributed by atoms with van der Waals surface area (Å²) >= 11 is 0. The first-order valence-electron chi connectivity index (χ1n) is 8.43. The van der Waals surface area contributed by atoms with Crippen molar-refractivity contribution in [2.75, 3.05) is 6.61 Å². The zero-order valence-electron chi connectivity index (χ0n) is 14.9. The van der Waals surface area contributed by atoms with E-state index in [2.05, 4.69) is 17.8 Å². The molecule has 0 aliphatic rings. The summed E-state index contributed by atoms with van der Waals surface area (Å²) in [5.41, 5.74) is 5.48. The molecule has 0 saturated heterocycles. The van der Waals surface area contributed by atoms with Crippen molar-refractivity contribution in [1.29, 1.82) is 0 Å². The molecule has 132 valence electrons. The van der Waals surface area contributed by atoms with Crippen LogP contribution >= 0.6 is 0 Å². The molecule has 0 bridgehead atoms. The van der Waals surface area contributed by atoms with Crippen LogP contribution in [-0.2, 0) is 4.84 Å². The molecule has 0 spiro atoms. The Morgan fingerprint density at radius 1 is 1.15 bits per heavy atom. The van der Waals surface area contributed by atoms with E-state index in [1.54, 1.807) is 12.1 Å². The summed E-state index contributed by atoms with van der Waals surface area (Å²) in [6, 6.07) is 18.7. The highest BCUT2D eigenvalue weighted by atomic mass is 19.1. The summed E-state index contributed by atoms with van der Waals surface area (Å²) < 4.78 is 15.9. The number of hydrogen-bond acceptors (Lipinski definition) is 2. The topological polar surface area (TPSA) is 26.5 Å². The second-order valence-electron chi connectivity index (χ2n) is 5.97. The summed E-state index contributed by atoms with van der Waals surface area (Å²) in [6.45, 7) is 7.87. The van der Waals surface area contributed by atoms with Crippen LogP contribution in [0.15, 0.2) is 78.5 Å². The molecular formula is C22H21FN2O. The Balaban J connectivity index is 2.18. The van der Waals surface area contributed by atoms with Crippen LogP contribution in [0.25, 0.3) is 16.9 Å². The minimum Gasteiger partial charge on any atom is -0.391 e. The van der Waals surface area contributed by atoms with Gasteiger partial charge < -0.3 is 9.40 Å². The third-order valence-electron chi connectivity index (χ3n) is 4.17. The molecule has 0 amide bonds. The number of oxime groups is 1. The second kappa shape index (κ2) is 7.83. The maximum Gasteiger partial charge on any atom is 0.135 e. The monoisotopic (exact) mass is 348 g/mol. The molecule has 2 aromatic carbocycles. The van der Waals surface area contributed by atoms with Crippen LogP contribution in [0.4, 0.5) is 4.39 Å².